The van der Waals surface area contributed by atoms with Crippen LogP contribution in [0.1, 0.15) is 33.7 Å². The molecule has 11 heteroatoms. The fourth-order valence-corrected chi connectivity index (χ4v) is 6.27. The van der Waals surface area contributed by atoms with Gasteiger partial charge in [-0.05, 0) is 48.6 Å². The number of pyridine rings is 1. The largest absolute Gasteiger partial charge is 0.367 e. The third-order valence-corrected chi connectivity index (χ3v) is 8.76. The maximum absolute atomic E-state index is 13.3. The van der Waals surface area contributed by atoms with E-state index < -0.39 is 21.6 Å². The van der Waals surface area contributed by atoms with Crippen molar-refractivity contribution < 1.29 is 24.0 Å². The summed E-state index contributed by atoms with van der Waals surface area (Å²) >= 11 is 0. The summed E-state index contributed by atoms with van der Waals surface area (Å²) in [5, 5.41) is 3.34. The predicted molar refractivity (Wildman–Crippen MR) is 136 cm³/mol. The number of benzene rings is 1. The van der Waals surface area contributed by atoms with E-state index in [0.717, 1.165) is 18.4 Å². The average Bonchev–Trinajstić information content (AvgIpc) is 2.74. The number of nitrogens with one attached hydrogen (secondary N) is 1. The highest BCUT2D eigenvalue weighted by molar-refractivity contribution is 8.22. The second-order valence-corrected chi connectivity index (χ2v) is 13.0. The molecule has 0 amide bonds. The van der Waals surface area contributed by atoms with Crippen LogP contribution in [0, 0.1) is 11.7 Å². The molecule has 8 nitrogen and oxygen atoms in total. The lowest BCUT2D eigenvalue weighted by atomic mass is 10.1. The number of hydrogen-bond donors (Lipinski definition) is 5. The second kappa shape index (κ2) is 10.9. The molecule has 0 spiro atoms. The second-order valence-electron chi connectivity index (χ2n) is 8.88. The van der Waals surface area contributed by atoms with Gasteiger partial charge >= 0.3 is 0 Å². The van der Waals surface area contributed by atoms with Gasteiger partial charge in [-0.3, -0.25) is 18.2 Å². The number of hydrogen-bond acceptors (Lipinski definition) is 8. The normalized spacial score (nSPS) is 17.5. The number of aromatic nitrogens is 1. The standard InChI is InChI=1S/C22H35FN4O4S2.H2/c1-17(2)15-27(16-18-4-6-19(23)7-5-18)33(30,31)21-8-9-22(24-14-21)25-20-10-12-26(13-11-20)32(3,28)29;/h4-9,14,17,20,28-31H,10-13,15-16H2,1-3H3,(H,24,25);1H. The van der Waals surface area contributed by atoms with Gasteiger partial charge in [-0.1, -0.05) is 26.0 Å². The smallest absolute Gasteiger partial charge is 0.126 e. The molecule has 188 valence electrons. The first-order valence-corrected chi connectivity index (χ1v) is 14.4. The van der Waals surface area contributed by atoms with E-state index >= 15 is 0 Å². The first-order valence-electron chi connectivity index (χ1n) is 10.9. The van der Waals surface area contributed by atoms with Crippen molar-refractivity contribution in [2.45, 2.75) is 44.2 Å². The van der Waals surface area contributed by atoms with Crippen LogP contribution in [0.3, 0.4) is 0 Å². The molecule has 2 heterocycles. The van der Waals surface area contributed by atoms with Crippen molar-refractivity contribution in [1.29, 1.82) is 0 Å². The van der Waals surface area contributed by atoms with Gasteiger partial charge < -0.3 is 5.32 Å². The Hall–Kier alpha value is -1.44. The van der Waals surface area contributed by atoms with Crippen LogP contribution in [0.15, 0.2) is 47.5 Å². The first-order chi connectivity index (χ1) is 15.4. The van der Waals surface area contributed by atoms with Crippen LogP contribution in [0.2, 0.25) is 0 Å². The molecular formula is C22H37FN4O4S2. The maximum atomic E-state index is 13.3. The number of rotatable bonds is 9. The highest BCUT2D eigenvalue weighted by Gasteiger charge is 2.28. The molecule has 2 aromatic rings. The topological polar surface area (TPSA) is 112 Å². The van der Waals surface area contributed by atoms with Crippen LogP contribution in [0.5, 0.6) is 0 Å². The monoisotopic (exact) mass is 504 g/mol. The fraction of sp³-hybridized carbons (Fsp3) is 0.500. The summed E-state index contributed by atoms with van der Waals surface area (Å²) in [4.78, 5) is 4.72. The molecule has 33 heavy (non-hydrogen) atoms. The molecule has 1 aliphatic rings. The molecule has 0 saturated carbocycles. The zero-order valence-corrected chi connectivity index (χ0v) is 20.9. The van der Waals surface area contributed by atoms with Gasteiger partial charge in [0.15, 0.2) is 0 Å². The van der Waals surface area contributed by atoms with Crippen LogP contribution in [-0.2, 0) is 6.54 Å². The summed E-state index contributed by atoms with van der Waals surface area (Å²) < 4.78 is 58.4. The van der Waals surface area contributed by atoms with E-state index in [1.54, 1.807) is 32.9 Å². The third-order valence-electron chi connectivity index (χ3n) is 5.55. The Morgan fingerprint density at radius 1 is 1.12 bits per heavy atom. The molecule has 0 aliphatic carbocycles. The quantitative estimate of drug-likeness (QED) is 0.290. The molecule has 1 aliphatic heterocycles. The maximum Gasteiger partial charge on any atom is 0.126 e. The summed E-state index contributed by atoms with van der Waals surface area (Å²) in [6.45, 7) is 5.90. The Bertz CT molecular complexity index is 893. The average molecular weight is 505 g/mol. The van der Waals surface area contributed by atoms with Gasteiger partial charge in [-0.15, -0.1) is 21.6 Å². The molecule has 1 aromatic heterocycles. The van der Waals surface area contributed by atoms with Gasteiger partial charge in [0.2, 0.25) is 0 Å². The van der Waals surface area contributed by atoms with Crippen molar-refractivity contribution in [3.63, 3.8) is 0 Å². The molecule has 1 fully saturated rings. The first kappa shape index (κ1) is 26.2. The van der Waals surface area contributed by atoms with E-state index in [2.05, 4.69) is 10.3 Å². The van der Waals surface area contributed by atoms with E-state index in [-0.39, 0.29) is 25.7 Å². The number of nitrogens with zero attached hydrogens (tertiary/aromatic N) is 3. The van der Waals surface area contributed by atoms with E-state index in [9.17, 15) is 22.6 Å². The number of halogens is 1. The third kappa shape index (κ3) is 7.27. The molecule has 0 radical (unpaired) electrons. The summed E-state index contributed by atoms with van der Waals surface area (Å²) in [5.41, 5.74) is 0.790. The highest BCUT2D eigenvalue weighted by atomic mass is 32.3. The van der Waals surface area contributed by atoms with E-state index in [1.165, 1.54) is 24.6 Å². The lowest BCUT2D eigenvalue weighted by molar-refractivity contribution is 0.296. The molecule has 1 aromatic carbocycles. The summed E-state index contributed by atoms with van der Waals surface area (Å²) in [6.07, 6.45) is 4.43. The van der Waals surface area contributed by atoms with Gasteiger partial charge in [0.05, 0.1) is 11.1 Å². The molecule has 0 bridgehead atoms. The summed E-state index contributed by atoms with van der Waals surface area (Å²) in [6, 6.07) is 9.57. The van der Waals surface area contributed by atoms with Crippen molar-refractivity contribution in [3.05, 3.63) is 54.0 Å². The predicted octanol–water partition coefficient (Wildman–Crippen LogP) is 5.82. The van der Waals surface area contributed by atoms with Crippen LogP contribution in [-0.4, -0.2) is 63.7 Å². The Morgan fingerprint density at radius 3 is 2.27 bits per heavy atom. The molecule has 3 rings (SSSR count). The Kier molecular flexibility index (Phi) is 8.62. The minimum Gasteiger partial charge on any atom is -0.367 e. The minimum atomic E-state index is -3.29. The highest BCUT2D eigenvalue weighted by Crippen LogP contribution is 2.52. The van der Waals surface area contributed by atoms with E-state index in [1.807, 2.05) is 13.8 Å². The van der Waals surface area contributed by atoms with Gasteiger partial charge in [0, 0.05) is 39.9 Å². The van der Waals surface area contributed by atoms with Crippen LogP contribution < -0.4 is 5.32 Å². The van der Waals surface area contributed by atoms with Gasteiger partial charge in [-0.2, -0.15) is 4.31 Å². The van der Waals surface area contributed by atoms with Crippen molar-refractivity contribution in [2.24, 2.45) is 5.92 Å². The SMILES string of the molecule is CC(C)CN(Cc1ccc(F)cc1)S(O)(O)c1ccc(NC2CCN(S(C)(O)O)CC2)nc1.[HH]. The Morgan fingerprint density at radius 2 is 1.76 bits per heavy atom. The van der Waals surface area contributed by atoms with Crippen molar-refractivity contribution in [3.8, 4) is 0 Å². The number of anilines is 1. The zero-order chi connectivity index (χ0) is 24.2. The Labute approximate surface area is 200 Å². The van der Waals surface area contributed by atoms with Crippen molar-refractivity contribution >= 4 is 27.4 Å². The van der Waals surface area contributed by atoms with Crippen molar-refractivity contribution in [1.82, 2.24) is 13.6 Å². The van der Waals surface area contributed by atoms with Crippen LogP contribution >= 0.6 is 21.6 Å². The van der Waals surface area contributed by atoms with Gasteiger partial charge in [-0.25, -0.2) is 13.7 Å². The van der Waals surface area contributed by atoms with Crippen molar-refractivity contribution in [2.75, 3.05) is 31.2 Å². The van der Waals surface area contributed by atoms with Crippen LogP contribution in [0.25, 0.3) is 0 Å². The van der Waals surface area contributed by atoms with E-state index in [0.29, 0.717) is 30.3 Å². The fourth-order valence-electron chi connectivity index (χ4n) is 3.79. The lowest BCUT2D eigenvalue weighted by Gasteiger charge is -2.44. The van der Waals surface area contributed by atoms with Gasteiger partial charge in [0.1, 0.15) is 11.6 Å². The lowest BCUT2D eigenvalue weighted by Crippen LogP contribution is -2.40. The Balaban J connectivity index is 0.00000408. The minimum absolute atomic E-state index is 0. The molecule has 5 N–H and O–H groups in total. The summed E-state index contributed by atoms with van der Waals surface area (Å²) in [5.74, 6) is 0.490. The zero-order valence-electron chi connectivity index (χ0n) is 19.3. The number of piperidine rings is 1. The molecule has 0 unspecified atom stereocenters. The molecule has 0 atom stereocenters. The molecular weight excluding hydrogens is 467 g/mol. The van der Waals surface area contributed by atoms with E-state index in [4.69, 9.17) is 0 Å². The summed E-state index contributed by atoms with van der Waals surface area (Å²) in [7, 11) is -5.96. The molecule has 1 saturated heterocycles. The van der Waals surface area contributed by atoms with Crippen LogP contribution in [0.4, 0.5) is 10.2 Å². The van der Waals surface area contributed by atoms with Gasteiger partial charge in [0.25, 0.3) is 0 Å².